The highest BCUT2D eigenvalue weighted by Gasteiger charge is 2.19. The number of ketones is 1. The summed E-state index contributed by atoms with van der Waals surface area (Å²) in [6.07, 6.45) is 5.12. The van der Waals surface area contributed by atoms with Crippen LogP contribution in [0.15, 0.2) is 36.4 Å². The van der Waals surface area contributed by atoms with Crippen molar-refractivity contribution < 1.29 is 28.5 Å². The molecule has 0 radical (unpaired) electrons. The maximum absolute atomic E-state index is 13.2. The fourth-order valence-electron chi connectivity index (χ4n) is 3.57. The van der Waals surface area contributed by atoms with Crippen LogP contribution in [0.5, 0.6) is 28.7 Å². The Labute approximate surface area is 203 Å². The highest BCUT2D eigenvalue weighted by Crippen LogP contribution is 2.35. The number of ether oxygens (including phenoxy) is 5. The van der Waals surface area contributed by atoms with Crippen molar-refractivity contribution in [2.24, 2.45) is 0 Å². The van der Waals surface area contributed by atoms with Gasteiger partial charge in [0.15, 0.2) is 17.3 Å². The van der Waals surface area contributed by atoms with Crippen LogP contribution >= 0.6 is 0 Å². The van der Waals surface area contributed by atoms with Gasteiger partial charge in [0.2, 0.25) is 0 Å². The molecule has 34 heavy (non-hydrogen) atoms. The average Bonchev–Trinajstić information content (AvgIpc) is 2.88. The second-order valence-electron chi connectivity index (χ2n) is 7.60. The molecule has 2 aromatic carbocycles. The van der Waals surface area contributed by atoms with Crippen LogP contribution in [-0.2, 0) is 0 Å². The van der Waals surface area contributed by atoms with Crippen LogP contribution in [-0.4, -0.2) is 65.4 Å². The Hall–Kier alpha value is -3.19. The Bertz CT molecular complexity index is 952. The molecule has 0 saturated heterocycles. The Morgan fingerprint density at radius 1 is 0.824 bits per heavy atom. The van der Waals surface area contributed by atoms with E-state index in [0.717, 1.165) is 38.0 Å². The van der Waals surface area contributed by atoms with Gasteiger partial charge >= 0.3 is 0 Å². The summed E-state index contributed by atoms with van der Waals surface area (Å²) < 4.78 is 27.5. The molecule has 0 bridgehead atoms. The van der Waals surface area contributed by atoms with E-state index in [1.807, 2.05) is 6.07 Å². The first kappa shape index (κ1) is 27.1. The third-order valence-corrected chi connectivity index (χ3v) is 5.60. The van der Waals surface area contributed by atoms with Crippen LogP contribution in [0.3, 0.4) is 0 Å². The van der Waals surface area contributed by atoms with Crippen molar-refractivity contribution in [3.63, 3.8) is 0 Å². The molecule has 0 aliphatic carbocycles. The van der Waals surface area contributed by atoms with Gasteiger partial charge in [0, 0.05) is 12.1 Å². The van der Waals surface area contributed by atoms with Crippen molar-refractivity contribution in [3.8, 4) is 28.7 Å². The van der Waals surface area contributed by atoms with Crippen LogP contribution in [0.25, 0.3) is 6.08 Å². The maximum atomic E-state index is 13.2. The molecule has 0 atom stereocenters. The Kier molecular flexibility index (Phi) is 11.3. The van der Waals surface area contributed by atoms with Gasteiger partial charge in [-0.1, -0.05) is 26.0 Å². The number of carbonyl (C=O) groups is 1. The molecule has 0 fully saturated rings. The zero-order valence-electron chi connectivity index (χ0n) is 21.2. The summed E-state index contributed by atoms with van der Waals surface area (Å²) in [5.74, 6) is 2.40. The minimum Gasteiger partial charge on any atom is -0.496 e. The molecule has 0 spiro atoms. The van der Waals surface area contributed by atoms with E-state index in [1.54, 1.807) is 51.7 Å². The van der Waals surface area contributed by atoms with Crippen LogP contribution in [0, 0.1) is 0 Å². The van der Waals surface area contributed by atoms with E-state index in [0.29, 0.717) is 40.9 Å². The smallest absolute Gasteiger partial charge is 0.193 e. The third-order valence-electron chi connectivity index (χ3n) is 5.60. The van der Waals surface area contributed by atoms with Crippen LogP contribution in [0.4, 0.5) is 0 Å². The first-order valence-corrected chi connectivity index (χ1v) is 11.6. The Balaban J connectivity index is 2.21. The second-order valence-corrected chi connectivity index (χ2v) is 7.60. The van der Waals surface area contributed by atoms with Gasteiger partial charge in [-0.3, -0.25) is 4.79 Å². The molecule has 0 heterocycles. The zero-order chi connectivity index (χ0) is 24.9. The number of hydrogen-bond donors (Lipinski definition) is 0. The van der Waals surface area contributed by atoms with E-state index in [4.69, 9.17) is 23.7 Å². The topological polar surface area (TPSA) is 66.5 Å². The van der Waals surface area contributed by atoms with Crippen molar-refractivity contribution in [2.75, 3.05) is 54.7 Å². The highest BCUT2D eigenvalue weighted by molar-refractivity contribution is 6.10. The third kappa shape index (κ3) is 7.42. The van der Waals surface area contributed by atoms with Gasteiger partial charge in [0.25, 0.3) is 0 Å². The van der Waals surface area contributed by atoms with E-state index >= 15 is 0 Å². The average molecular weight is 472 g/mol. The summed E-state index contributed by atoms with van der Waals surface area (Å²) in [6, 6.07) is 8.86. The lowest BCUT2D eigenvalue weighted by Gasteiger charge is -2.18. The second kappa shape index (κ2) is 14.2. The molecule has 0 aliphatic heterocycles. The van der Waals surface area contributed by atoms with Gasteiger partial charge in [-0.2, -0.15) is 0 Å². The van der Waals surface area contributed by atoms with Crippen molar-refractivity contribution in [2.45, 2.75) is 26.7 Å². The number of nitrogens with zero attached hydrogens (tertiary/aromatic N) is 1. The van der Waals surface area contributed by atoms with Crippen molar-refractivity contribution in [1.82, 2.24) is 4.90 Å². The molecule has 186 valence electrons. The van der Waals surface area contributed by atoms with Crippen molar-refractivity contribution >= 4 is 11.9 Å². The van der Waals surface area contributed by atoms with E-state index in [1.165, 1.54) is 13.2 Å². The summed E-state index contributed by atoms with van der Waals surface area (Å²) in [4.78, 5) is 15.6. The summed E-state index contributed by atoms with van der Waals surface area (Å²) in [5.41, 5.74) is 1.17. The number of carbonyl (C=O) groups excluding carboxylic acids is 1. The lowest BCUT2D eigenvalue weighted by Crippen LogP contribution is -2.24. The predicted molar refractivity (Wildman–Crippen MR) is 135 cm³/mol. The first-order valence-electron chi connectivity index (χ1n) is 11.6. The van der Waals surface area contributed by atoms with Crippen LogP contribution < -0.4 is 23.7 Å². The Morgan fingerprint density at radius 3 is 2.12 bits per heavy atom. The molecular weight excluding hydrogens is 434 g/mol. The van der Waals surface area contributed by atoms with E-state index in [2.05, 4.69) is 18.7 Å². The lowest BCUT2D eigenvalue weighted by molar-refractivity contribution is 0.104. The molecule has 0 saturated carbocycles. The lowest BCUT2D eigenvalue weighted by atomic mass is 10.1. The van der Waals surface area contributed by atoms with E-state index in [9.17, 15) is 4.79 Å². The summed E-state index contributed by atoms with van der Waals surface area (Å²) in [5, 5.41) is 0. The van der Waals surface area contributed by atoms with Crippen molar-refractivity contribution in [1.29, 1.82) is 0 Å². The molecule has 0 unspecified atom stereocenters. The predicted octanol–water partition coefficient (Wildman–Crippen LogP) is 5.12. The summed E-state index contributed by atoms with van der Waals surface area (Å²) >= 11 is 0. The zero-order valence-corrected chi connectivity index (χ0v) is 21.2. The molecule has 0 N–H and O–H groups in total. The molecule has 0 aliphatic rings. The fraction of sp³-hybridized carbons (Fsp3) is 0.444. The van der Waals surface area contributed by atoms with Gasteiger partial charge in [-0.05, 0) is 56.2 Å². The largest absolute Gasteiger partial charge is 0.496 e. The van der Waals surface area contributed by atoms with Gasteiger partial charge in [-0.25, -0.2) is 0 Å². The van der Waals surface area contributed by atoms with Crippen LogP contribution in [0.2, 0.25) is 0 Å². The SMILES string of the molecule is CCN(CC)CCCCOc1cc(OC)cc(OC)c1C(=O)C=Cc1ccc(OC)c(OC)c1. The molecule has 2 aromatic rings. The first-order chi connectivity index (χ1) is 16.5. The minimum absolute atomic E-state index is 0.229. The number of allylic oxidation sites excluding steroid dienone is 1. The Morgan fingerprint density at radius 2 is 1.50 bits per heavy atom. The number of rotatable bonds is 15. The number of hydrogen-bond acceptors (Lipinski definition) is 7. The van der Waals surface area contributed by atoms with E-state index in [-0.39, 0.29) is 5.78 Å². The van der Waals surface area contributed by atoms with Gasteiger partial charge in [0.05, 0.1) is 35.0 Å². The maximum Gasteiger partial charge on any atom is 0.193 e. The number of methoxy groups -OCH3 is 4. The van der Waals surface area contributed by atoms with Crippen LogP contribution in [0.1, 0.15) is 42.6 Å². The summed E-state index contributed by atoms with van der Waals surface area (Å²) in [7, 11) is 6.25. The molecule has 2 rings (SSSR count). The number of unbranched alkanes of at least 4 members (excludes halogenated alkanes) is 1. The summed E-state index contributed by atoms with van der Waals surface area (Å²) in [6.45, 7) is 7.92. The molecule has 7 heteroatoms. The fourth-order valence-corrected chi connectivity index (χ4v) is 3.57. The highest BCUT2D eigenvalue weighted by atomic mass is 16.5. The minimum atomic E-state index is -0.229. The van der Waals surface area contributed by atoms with Gasteiger partial charge in [0.1, 0.15) is 22.8 Å². The van der Waals surface area contributed by atoms with Gasteiger partial charge < -0.3 is 28.6 Å². The normalized spacial score (nSPS) is 11.0. The van der Waals surface area contributed by atoms with E-state index < -0.39 is 0 Å². The quantitative estimate of drug-likeness (QED) is 0.203. The monoisotopic (exact) mass is 471 g/mol. The molecule has 7 nitrogen and oxygen atoms in total. The number of benzene rings is 2. The van der Waals surface area contributed by atoms with Crippen molar-refractivity contribution in [3.05, 3.63) is 47.5 Å². The molecular formula is C27H37NO6. The molecule has 0 amide bonds. The standard InChI is InChI=1S/C27H37NO6/c1-7-28(8-2)15-9-10-16-34-26-19-21(30-3)18-25(33-6)27(26)22(29)13-11-20-12-14-23(31-4)24(17-20)32-5/h11-14,17-19H,7-10,15-16H2,1-6H3. The molecule has 0 aromatic heterocycles. The van der Waals surface area contributed by atoms with Gasteiger partial charge in [-0.15, -0.1) is 0 Å².